The van der Waals surface area contributed by atoms with Crippen LogP contribution >= 0.6 is 0 Å². The maximum atomic E-state index is 9.52. The predicted octanol–water partition coefficient (Wildman–Crippen LogP) is 3.35. The van der Waals surface area contributed by atoms with Gasteiger partial charge >= 0.3 is 0 Å². The van der Waals surface area contributed by atoms with E-state index in [4.69, 9.17) is 4.74 Å². The molecule has 1 unspecified atom stereocenters. The van der Waals surface area contributed by atoms with E-state index in [0.717, 1.165) is 0 Å². The number of ether oxygens (including phenoxy) is 1. The van der Waals surface area contributed by atoms with E-state index in [1.807, 2.05) is 0 Å². The molecule has 0 aliphatic carbocycles. The maximum absolute atomic E-state index is 9.52. The lowest BCUT2D eigenvalue weighted by Crippen LogP contribution is -2.01. The molecule has 1 heterocycles. The Kier molecular flexibility index (Phi) is 4.20. The van der Waals surface area contributed by atoms with Gasteiger partial charge in [0.05, 0.1) is 6.26 Å². The van der Waals surface area contributed by atoms with Crippen LogP contribution in [0.5, 0.6) is 11.5 Å². The Morgan fingerprint density at radius 3 is 2.55 bits per heavy atom. The fraction of sp³-hybridized carbons (Fsp3) is 0.200. The number of hydrogen-bond donors (Lipinski definition) is 4. The van der Waals surface area contributed by atoms with Crippen molar-refractivity contribution in [3.8, 4) is 11.5 Å². The van der Waals surface area contributed by atoms with E-state index in [0.29, 0.717) is 18.4 Å². The number of hydrogen-bond acceptors (Lipinski definition) is 5. The number of phenolic OH excluding ortho intramolecular Hbond substituents is 2. The van der Waals surface area contributed by atoms with Crippen LogP contribution in [0.4, 0.5) is 0 Å². The van der Waals surface area contributed by atoms with E-state index < -0.39 is 0 Å². The smallest absolute Gasteiger partial charge is 0.157 e. The molecule has 0 fully saturated rings. The molecule has 0 saturated carbocycles. The summed E-state index contributed by atoms with van der Waals surface area (Å²) >= 11 is 0. The summed E-state index contributed by atoms with van der Waals surface area (Å²) in [4.78, 5) is 0. The van der Waals surface area contributed by atoms with Crippen molar-refractivity contribution in [1.29, 1.82) is 0 Å². The van der Waals surface area contributed by atoms with Crippen LogP contribution in [0.25, 0.3) is 0 Å². The SMILES string of the molecule is OC1=CCCC(c2ccc(O)c(O)c2)O/C=C/C(O)=C1. The van der Waals surface area contributed by atoms with Gasteiger partial charge in [0, 0.05) is 12.2 Å². The molecule has 1 aromatic rings. The van der Waals surface area contributed by atoms with Gasteiger partial charge in [-0.05, 0) is 36.6 Å². The third-order valence-corrected chi connectivity index (χ3v) is 2.93. The summed E-state index contributed by atoms with van der Waals surface area (Å²) in [7, 11) is 0. The van der Waals surface area contributed by atoms with E-state index >= 15 is 0 Å². The van der Waals surface area contributed by atoms with Gasteiger partial charge in [-0.15, -0.1) is 0 Å². The molecule has 0 amide bonds. The summed E-state index contributed by atoms with van der Waals surface area (Å²) in [5, 5.41) is 37.8. The van der Waals surface area contributed by atoms with E-state index in [1.165, 1.54) is 30.5 Å². The highest BCUT2D eigenvalue weighted by Gasteiger charge is 2.14. The van der Waals surface area contributed by atoms with Crippen LogP contribution in [0.1, 0.15) is 24.5 Å². The largest absolute Gasteiger partial charge is 0.508 e. The van der Waals surface area contributed by atoms with Gasteiger partial charge < -0.3 is 25.2 Å². The molecule has 0 aromatic heterocycles. The highest BCUT2D eigenvalue weighted by Crippen LogP contribution is 2.31. The van der Waals surface area contributed by atoms with Crippen LogP contribution in [0.15, 0.2) is 54.2 Å². The minimum Gasteiger partial charge on any atom is -0.508 e. The molecule has 106 valence electrons. The van der Waals surface area contributed by atoms with E-state index in [-0.39, 0.29) is 29.1 Å². The van der Waals surface area contributed by atoms with Gasteiger partial charge in [0.1, 0.15) is 17.6 Å². The molecule has 0 saturated heterocycles. The number of phenols is 2. The van der Waals surface area contributed by atoms with Crippen LogP contribution in [0, 0.1) is 0 Å². The molecule has 1 aliphatic heterocycles. The van der Waals surface area contributed by atoms with Gasteiger partial charge in [0.15, 0.2) is 11.5 Å². The van der Waals surface area contributed by atoms with Crippen molar-refractivity contribution in [1.82, 2.24) is 0 Å². The van der Waals surface area contributed by atoms with Gasteiger partial charge in [0.25, 0.3) is 0 Å². The summed E-state index contributed by atoms with van der Waals surface area (Å²) in [6.07, 6.45) is 6.22. The van der Waals surface area contributed by atoms with E-state index in [9.17, 15) is 20.4 Å². The molecular weight excluding hydrogens is 260 g/mol. The maximum Gasteiger partial charge on any atom is 0.157 e. The van der Waals surface area contributed by atoms with E-state index in [2.05, 4.69) is 0 Å². The van der Waals surface area contributed by atoms with Crippen molar-refractivity contribution >= 4 is 0 Å². The minimum atomic E-state index is -0.354. The molecule has 0 spiro atoms. The fourth-order valence-electron chi connectivity index (χ4n) is 1.90. The second-order valence-corrected chi connectivity index (χ2v) is 4.45. The third kappa shape index (κ3) is 3.47. The molecule has 1 atom stereocenters. The van der Waals surface area contributed by atoms with Crippen LogP contribution in [-0.2, 0) is 4.74 Å². The van der Waals surface area contributed by atoms with Crippen LogP contribution in [0.2, 0.25) is 0 Å². The van der Waals surface area contributed by atoms with Crippen molar-refractivity contribution < 1.29 is 25.2 Å². The number of aliphatic hydroxyl groups is 2. The molecule has 0 bridgehead atoms. The average molecular weight is 276 g/mol. The van der Waals surface area contributed by atoms with Gasteiger partial charge in [0.2, 0.25) is 0 Å². The zero-order valence-corrected chi connectivity index (χ0v) is 10.7. The lowest BCUT2D eigenvalue weighted by atomic mass is 10.0. The van der Waals surface area contributed by atoms with Crippen LogP contribution in [0.3, 0.4) is 0 Å². The highest BCUT2D eigenvalue weighted by atomic mass is 16.5. The quantitative estimate of drug-likeness (QED) is 0.591. The first-order chi connectivity index (χ1) is 9.56. The molecule has 5 nitrogen and oxygen atoms in total. The first-order valence-electron chi connectivity index (χ1n) is 6.20. The number of rotatable bonds is 1. The number of aliphatic hydroxyl groups excluding tert-OH is 2. The second-order valence-electron chi connectivity index (χ2n) is 4.45. The molecule has 0 radical (unpaired) electrons. The van der Waals surface area contributed by atoms with Crippen LogP contribution < -0.4 is 0 Å². The fourth-order valence-corrected chi connectivity index (χ4v) is 1.90. The van der Waals surface area contributed by atoms with Gasteiger partial charge in [-0.2, -0.15) is 0 Å². The molecule has 2 rings (SSSR count). The topological polar surface area (TPSA) is 90.2 Å². The Hall–Kier alpha value is -2.56. The van der Waals surface area contributed by atoms with Crippen LogP contribution in [-0.4, -0.2) is 20.4 Å². The van der Waals surface area contributed by atoms with Crippen molar-refractivity contribution in [3.05, 3.63) is 59.8 Å². The Morgan fingerprint density at radius 2 is 1.80 bits per heavy atom. The molecular formula is C15H16O5. The van der Waals surface area contributed by atoms with Gasteiger partial charge in [-0.1, -0.05) is 6.07 Å². The summed E-state index contributed by atoms with van der Waals surface area (Å²) in [5.74, 6) is -0.537. The number of aromatic hydroxyl groups is 2. The Labute approximate surface area is 116 Å². The van der Waals surface area contributed by atoms with Crippen molar-refractivity contribution in [2.45, 2.75) is 18.9 Å². The normalized spacial score (nSPS) is 21.3. The lowest BCUT2D eigenvalue weighted by Gasteiger charge is -2.17. The Morgan fingerprint density at radius 1 is 1.00 bits per heavy atom. The standard InChI is InChI=1S/C15H16O5/c16-11-2-1-3-15(20-7-6-12(17)9-11)10-4-5-13(18)14(19)8-10/h2,4-9,15-19H,1,3H2/b7-6+,11-2?,12-9?. The Bertz CT molecular complexity index is 572. The summed E-state index contributed by atoms with van der Waals surface area (Å²) in [6.45, 7) is 0. The molecule has 4 N–H and O–H groups in total. The zero-order chi connectivity index (χ0) is 14.5. The first-order valence-corrected chi connectivity index (χ1v) is 6.20. The number of benzene rings is 1. The van der Waals surface area contributed by atoms with Crippen molar-refractivity contribution in [3.63, 3.8) is 0 Å². The van der Waals surface area contributed by atoms with Crippen molar-refractivity contribution in [2.75, 3.05) is 0 Å². The molecule has 20 heavy (non-hydrogen) atoms. The Balaban J connectivity index is 2.23. The second kappa shape index (κ2) is 6.06. The molecule has 1 aromatic carbocycles. The third-order valence-electron chi connectivity index (χ3n) is 2.93. The van der Waals surface area contributed by atoms with Crippen molar-refractivity contribution in [2.24, 2.45) is 0 Å². The predicted molar refractivity (Wildman–Crippen MR) is 73.4 cm³/mol. The minimum absolute atomic E-state index is 0.0126. The molecule has 1 aliphatic rings. The van der Waals surface area contributed by atoms with E-state index in [1.54, 1.807) is 12.1 Å². The zero-order valence-electron chi connectivity index (χ0n) is 10.7. The summed E-state index contributed by atoms with van der Waals surface area (Å²) < 4.78 is 5.52. The molecule has 5 heteroatoms. The summed E-state index contributed by atoms with van der Waals surface area (Å²) in [5.41, 5.74) is 0.696. The summed E-state index contributed by atoms with van der Waals surface area (Å²) in [6, 6.07) is 4.47. The highest BCUT2D eigenvalue weighted by molar-refractivity contribution is 5.41. The van der Waals surface area contributed by atoms with Gasteiger partial charge in [-0.25, -0.2) is 0 Å². The average Bonchev–Trinajstić information content (AvgIpc) is 2.40. The first kappa shape index (κ1) is 13.9. The monoisotopic (exact) mass is 276 g/mol. The van der Waals surface area contributed by atoms with Gasteiger partial charge in [-0.3, -0.25) is 0 Å². The lowest BCUT2D eigenvalue weighted by molar-refractivity contribution is 0.136. The number of allylic oxidation sites excluding steroid dienone is 3.